The molecule has 0 aliphatic carbocycles. The van der Waals surface area contributed by atoms with Crippen molar-refractivity contribution in [2.45, 2.75) is 58.4 Å². The monoisotopic (exact) mass is 602 g/mol. The average Bonchev–Trinajstić information content (AvgIpc) is 3.58. The minimum absolute atomic E-state index is 0.193. The summed E-state index contributed by atoms with van der Waals surface area (Å²) in [6.07, 6.45) is 4.76. The lowest BCUT2D eigenvalue weighted by molar-refractivity contribution is -0.123. The van der Waals surface area contributed by atoms with E-state index >= 15 is 0 Å². The standard InChI is InChI=1S/C37H42N6O2/c1-26-9-3-4-11-31(26)24-38-20-8-15-34(37(45)42-27(2)32-14-7-12-29-10-5-6-13-33(29)32)43-36(44)30-18-16-28(17-19-30)23-39-25-35-40-21-22-41-35/h3-7,9-14,16-19,21-22,27,34,38-39H,8,15,20,23-25H2,1-2H3,(H,40,41)(H,42,45)(H,43,44)/t27?,34-/m0/s1. The molecular weight excluding hydrogens is 560 g/mol. The van der Waals surface area contributed by atoms with E-state index in [1.165, 1.54) is 11.1 Å². The maximum Gasteiger partial charge on any atom is 0.251 e. The smallest absolute Gasteiger partial charge is 0.251 e. The molecule has 45 heavy (non-hydrogen) atoms. The fourth-order valence-electron chi connectivity index (χ4n) is 5.49. The third-order valence-corrected chi connectivity index (χ3v) is 8.09. The Hall–Kier alpha value is -4.79. The van der Waals surface area contributed by atoms with Crippen molar-refractivity contribution in [1.29, 1.82) is 0 Å². The van der Waals surface area contributed by atoms with Gasteiger partial charge in [0.15, 0.2) is 0 Å². The van der Waals surface area contributed by atoms with Crippen LogP contribution < -0.4 is 21.3 Å². The van der Waals surface area contributed by atoms with Crippen molar-refractivity contribution >= 4 is 22.6 Å². The molecule has 8 heteroatoms. The molecule has 5 rings (SSSR count). The summed E-state index contributed by atoms with van der Waals surface area (Å²) in [7, 11) is 0. The Morgan fingerprint density at radius 1 is 0.822 bits per heavy atom. The maximum atomic E-state index is 13.7. The van der Waals surface area contributed by atoms with Gasteiger partial charge in [0.1, 0.15) is 11.9 Å². The van der Waals surface area contributed by atoms with Gasteiger partial charge in [0.25, 0.3) is 5.91 Å². The molecule has 0 bridgehead atoms. The SMILES string of the molecule is Cc1ccccc1CNCCC[C@H](NC(=O)c1ccc(CNCc2ncc[nH]2)cc1)C(=O)NC(C)c1cccc2ccccc12. The lowest BCUT2D eigenvalue weighted by atomic mass is 9.99. The molecule has 1 unspecified atom stereocenters. The number of aryl methyl sites for hydroxylation is 1. The zero-order valence-electron chi connectivity index (χ0n) is 26.0. The number of carbonyl (C=O) groups is 2. The van der Waals surface area contributed by atoms with Crippen LogP contribution in [0.1, 0.15) is 64.2 Å². The van der Waals surface area contributed by atoms with Crippen LogP contribution in [0.2, 0.25) is 0 Å². The van der Waals surface area contributed by atoms with Gasteiger partial charge in [0.2, 0.25) is 5.91 Å². The Morgan fingerprint density at radius 3 is 2.40 bits per heavy atom. The summed E-state index contributed by atoms with van der Waals surface area (Å²) in [4.78, 5) is 34.3. The summed E-state index contributed by atoms with van der Waals surface area (Å²) in [5, 5.41) is 15.2. The number of aromatic nitrogens is 2. The van der Waals surface area contributed by atoms with Crippen LogP contribution in [0.3, 0.4) is 0 Å². The Labute approximate surface area is 265 Å². The molecule has 0 spiro atoms. The topological polar surface area (TPSA) is 111 Å². The lowest BCUT2D eigenvalue weighted by Crippen LogP contribution is -2.47. The van der Waals surface area contributed by atoms with Crippen molar-refractivity contribution in [3.8, 4) is 0 Å². The fourth-order valence-corrected chi connectivity index (χ4v) is 5.49. The number of hydrogen-bond donors (Lipinski definition) is 5. The van der Waals surface area contributed by atoms with Gasteiger partial charge in [-0.3, -0.25) is 9.59 Å². The Bertz CT molecular complexity index is 1680. The first kappa shape index (κ1) is 31.6. The van der Waals surface area contributed by atoms with E-state index in [1.807, 2.05) is 55.5 Å². The highest BCUT2D eigenvalue weighted by molar-refractivity contribution is 5.97. The van der Waals surface area contributed by atoms with Crippen molar-refractivity contribution in [3.63, 3.8) is 0 Å². The zero-order chi connectivity index (χ0) is 31.4. The molecule has 5 N–H and O–H groups in total. The second-order valence-electron chi connectivity index (χ2n) is 11.4. The van der Waals surface area contributed by atoms with E-state index in [9.17, 15) is 9.59 Å². The predicted molar refractivity (Wildman–Crippen MR) is 179 cm³/mol. The predicted octanol–water partition coefficient (Wildman–Crippen LogP) is 5.71. The number of aromatic amines is 1. The first-order valence-electron chi connectivity index (χ1n) is 15.6. The number of nitrogens with zero attached hydrogens (tertiary/aromatic N) is 1. The van der Waals surface area contributed by atoms with Crippen LogP contribution in [0.15, 0.2) is 103 Å². The summed E-state index contributed by atoms with van der Waals surface area (Å²) in [6, 6.07) is 29.1. The minimum atomic E-state index is -0.676. The zero-order valence-corrected chi connectivity index (χ0v) is 26.0. The van der Waals surface area contributed by atoms with E-state index in [2.05, 4.69) is 68.5 Å². The number of hydrogen-bond acceptors (Lipinski definition) is 5. The molecule has 4 aromatic carbocycles. The van der Waals surface area contributed by atoms with Crippen molar-refractivity contribution in [1.82, 2.24) is 31.2 Å². The van der Waals surface area contributed by atoms with Crippen molar-refractivity contribution in [2.24, 2.45) is 0 Å². The Kier molecular flexibility index (Phi) is 11.1. The molecular formula is C37H42N6O2. The van der Waals surface area contributed by atoms with Crippen LogP contribution in [0.5, 0.6) is 0 Å². The van der Waals surface area contributed by atoms with Gasteiger partial charge in [-0.2, -0.15) is 0 Å². The molecule has 1 heterocycles. The summed E-state index contributed by atoms with van der Waals surface area (Å²) in [6.45, 7) is 6.86. The highest BCUT2D eigenvalue weighted by Crippen LogP contribution is 2.24. The van der Waals surface area contributed by atoms with Crippen molar-refractivity contribution in [3.05, 3.63) is 137 Å². The molecule has 0 saturated carbocycles. The van der Waals surface area contributed by atoms with Gasteiger partial charge < -0.3 is 26.3 Å². The van der Waals surface area contributed by atoms with Crippen LogP contribution in [0.25, 0.3) is 10.8 Å². The average molecular weight is 603 g/mol. The lowest BCUT2D eigenvalue weighted by Gasteiger charge is -2.23. The Balaban J connectivity index is 1.21. The Morgan fingerprint density at radius 2 is 1.60 bits per heavy atom. The summed E-state index contributed by atoms with van der Waals surface area (Å²) in [5.74, 6) is 0.410. The first-order chi connectivity index (χ1) is 22.0. The fraction of sp³-hybridized carbons (Fsp3) is 0.270. The van der Waals surface area contributed by atoms with E-state index < -0.39 is 6.04 Å². The van der Waals surface area contributed by atoms with Gasteiger partial charge in [-0.05, 0) is 78.4 Å². The normalized spacial score (nSPS) is 12.5. The van der Waals surface area contributed by atoms with Crippen LogP contribution in [0.4, 0.5) is 0 Å². The number of benzene rings is 4. The molecule has 0 aliphatic rings. The van der Waals surface area contributed by atoms with Gasteiger partial charge in [-0.15, -0.1) is 0 Å². The highest BCUT2D eigenvalue weighted by Gasteiger charge is 2.23. The molecule has 5 aromatic rings. The molecule has 0 fully saturated rings. The van der Waals surface area contributed by atoms with E-state index in [0.29, 0.717) is 25.1 Å². The number of imidazole rings is 1. The number of nitrogens with one attached hydrogen (secondary N) is 5. The second kappa shape index (κ2) is 15.8. The van der Waals surface area contributed by atoms with E-state index in [-0.39, 0.29) is 17.9 Å². The van der Waals surface area contributed by atoms with Crippen LogP contribution in [0, 0.1) is 6.92 Å². The van der Waals surface area contributed by atoms with Crippen LogP contribution in [-0.4, -0.2) is 34.4 Å². The van der Waals surface area contributed by atoms with Crippen molar-refractivity contribution < 1.29 is 9.59 Å². The van der Waals surface area contributed by atoms with Gasteiger partial charge in [0.05, 0.1) is 12.6 Å². The molecule has 232 valence electrons. The quantitative estimate of drug-likeness (QED) is 0.0987. The molecule has 2 amide bonds. The molecule has 2 atom stereocenters. The van der Waals surface area contributed by atoms with Gasteiger partial charge in [0, 0.05) is 31.0 Å². The summed E-state index contributed by atoms with van der Waals surface area (Å²) < 4.78 is 0. The molecule has 0 saturated heterocycles. The second-order valence-corrected chi connectivity index (χ2v) is 11.4. The largest absolute Gasteiger partial charge is 0.348 e. The van der Waals surface area contributed by atoms with Crippen LogP contribution in [-0.2, 0) is 24.4 Å². The van der Waals surface area contributed by atoms with Crippen molar-refractivity contribution in [2.75, 3.05) is 6.54 Å². The molecule has 1 aromatic heterocycles. The summed E-state index contributed by atoms with van der Waals surface area (Å²) >= 11 is 0. The number of H-pyrrole nitrogens is 1. The van der Waals surface area contributed by atoms with E-state index in [4.69, 9.17) is 0 Å². The van der Waals surface area contributed by atoms with Gasteiger partial charge in [-0.1, -0.05) is 78.9 Å². The van der Waals surface area contributed by atoms with Gasteiger partial charge >= 0.3 is 0 Å². The highest BCUT2D eigenvalue weighted by atomic mass is 16.2. The molecule has 0 aliphatic heterocycles. The number of amides is 2. The number of carbonyl (C=O) groups excluding carboxylic acids is 2. The third kappa shape index (κ3) is 8.88. The first-order valence-corrected chi connectivity index (χ1v) is 15.6. The number of fused-ring (bicyclic) bond motifs is 1. The van der Waals surface area contributed by atoms with Gasteiger partial charge in [-0.25, -0.2) is 4.98 Å². The maximum absolute atomic E-state index is 13.7. The third-order valence-electron chi connectivity index (χ3n) is 8.09. The molecule has 0 radical (unpaired) electrons. The molecule has 8 nitrogen and oxygen atoms in total. The number of rotatable bonds is 15. The summed E-state index contributed by atoms with van der Waals surface area (Å²) in [5.41, 5.74) is 5.11. The minimum Gasteiger partial charge on any atom is -0.348 e. The van der Waals surface area contributed by atoms with E-state index in [1.54, 1.807) is 24.5 Å². The van der Waals surface area contributed by atoms with Crippen LogP contribution >= 0.6 is 0 Å². The van der Waals surface area contributed by atoms with E-state index in [0.717, 1.165) is 47.2 Å².